The Morgan fingerprint density at radius 2 is 1.78 bits per heavy atom. The van der Waals surface area contributed by atoms with Crippen LogP contribution in [0.5, 0.6) is 0 Å². The first-order valence-corrected chi connectivity index (χ1v) is 9.09. The molecule has 1 aromatic carbocycles. The minimum Gasteiger partial charge on any atom is -0.342 e. The molecule has 1 heterocycles. The van der Waals surface area contributed by atoms with Crippen LogP contribution < -0.4 is 5.32 Å². The number of amides is 2. The van der Waals surface area contributed by atoms with Crippen LogP contribution in [0.25, 0.3) is 0 Å². The first-order chi connectivity index (χ1) is 10.9. The molecular formula is C18H26N2O2S. The summed E-state index contributed by atoms with van der Waals surface area (Å²) in [4.78, 5) is 27.9. The highest BCUT2D eigenvalue weighted by Gasteiger charge is 2.30. The molecule has 23 heavy (non-hydrogen) atoms. The fourth-order valence-electron chi connectivity index (χ4n) is 2.67. The lowest BCUT2D eigenvalue weighted by molar-refractivity contribution is -0.133. The van der Waals surface area contributed by atoms with Crippen molar-refractivity contribution >= 4 is 29.3 Å². The minimum absolute atomic E-state index is 0.0689. The number of carbonyl (C=O) groups excluding carboxylic acids is 2. The van der Waals surface area contributed by atoms with Gasteiger partial charge in [-0.05, 0) is 24.0 Å². The van der Waals surface area contributed by atoms with Gasteiger partial charge in [0.1, 0.15) is 0 Å². The van der Waals surface area contributed by atoms with Crippen molar-refractivity contribution in [2.75, 3.05) is 18.4 Å². The van der Waals surface area contributed by atoms with Crippen molar-refractivity contribution < 1.29 is 9.59 Å². The summed E-state index contributed by atoms with van der Waals surface area (Å²) in [5.41, 5.74) is 0.840. The Labute approximate surface area is 143 Å². The Bertz CT molecular complexity index is 562. The first-order valence-electron chi connectivity index (χ1n) is 8.21. The zero-order valence-corrected chi connectivity index (χ0v) is 15.2. The number of carbonyl (C=O) groups is 2. The molecule has 0 unspecified atom stereocenters. The van der Waals surface area contributed by atoms with Gasteiger partial charge in [-0.3, -0.25) is 9.59 Å². The van der Waals surface area contributed by atoms with Crippen LogP contribution in [0.4, 0.5) is 5.69 Å². The Morgan fingerprint density at radius 3 is 2.39 bits per heavy atom. The number of fused-ring (bicyclic) bond motifs is 1. The van der Waals surface area contributed by atoms with E-state index in [1.165, 1.54) is 11.8 Å². The van der Waals surface area contributed by atoms with Gasteiger partial charge in [0.25, 0.3) is 0 Å². The van der Waals surface area contributed by atoms with Crippen LogP contribution in [0.1, 0.15) is 34.1 Å². The van der Waals surface area contributed by atoms with Crippen LogP contribution in [-0.2, 0) is 9.59 Å². The summed E-state index contributed by atoms with van der Waals surface area (Å²) >= 11 is 1.49. The van der Waals surface area contributed by atoms with E-state index in [1.807, 2.05) is 29.2 Å². The molecule has 0 saturated heterocycles. The Kier molecular flexibility index (Phi) is 6.10. The second-order valence-electron chi connectivity index (χ2n) is 6.88. The van der Waals surface area contributed by atoms with Crippen LogP contribution in [0.2, 0.25) is 0 Å². The normalized spacial score (nSPS) is 17.1. The van der Waals surface area contributed by atoms with Gasteiger partial charge >= 0.3 is 0 Å². The molecule has 2 rings (SSSR count). The first kappa shape index (κ1) is 17.9. The van der Waals surface area contributed by atoms with Crippen LogP contribution in [-0.4, -0.2) is 35.1 Å². The van der Waals surface area contributed by atoms with Crippen molar-refractivity contribution in [3.05, 3.63) is 24.3 Å². The van der Waals surface area contributed by atoms with Crippen LogP contribution in [0, 0.1) is 11.8 Å². The SMILES string of the molecule is CC(C)CN(CC(C)C)C(=O)C[C@H]1Sc2ccccc2NC1=O. The molecule has 5 heteroatoms. The summed E-state index contributed by atoms with van der Waals surface area (Å²) in [5.74, 6) is 0.841. The Morgan fingerprint density at radius 1 is 1.17 bits per heavy atom. The van der Waals surface area contributed by atoms with E-state index in [2.05, 4.69) is 33.0 Å². The fourth-order valence-corrected chi connectivity index (χ4v) is 3.78. The molecule has 0 aliphatic carbocycles. The molecule has 1 aliphatic rings. The van der Waals surface area contributed by atoms with Gasteiger partial charge in [-0.15, -0.1) is 11.8 Å². The van der Waals surface area contributed by atoms with Crippen molar-refractivity contribution in [3.63, 3.8) is 0 Å². The van der Waals surface area contributed by atoms with Crippen molar-refractivity contribution in [2.24, 2.45) is 11.8 Å². The highest BCUT2D eigenvalue weighted by Crippen LogP contribution is 2.36. The third-order valence-electron chi connectivity index (χ3n) is 3.59. The Hall–Kier alpha value is -1.49. The molecule has 0 spiro atoms. The third kappa shape index (κ3) is 4.99. The highest BCUT2D eigenvalue weighted by molar-refractivity contribution is 8.01. The van der Waals surface area contributed by atoms with Crippen LogP contribution in [0.3, 0.4) is 0 Å². The molecule has 0 saturated carbocycles. The average Bonchev–Trinajstić information content (AvgIpc) is 2.46. The van der Waals surface area contributed by atoms with Gasteiger partial charge in [0.05, 0.1) is 10.9 Å². The molecule has 1 atom stereocenters. The van der Waals surface area contributed by atoms with E-state index >= 15 is 0 Å². The monoisotopic (exact) mass is 334 g/mol. The van der Waals surface area contributed by atoms with Crippen LogP contribution in [0.15, 0.2) is 29.2 Å². The molecule has 1 aromatic rings. The number of nitrogens with zero attached hydrogens (tertiary/aromatic N) is 1. The molecule has 0 fully saturated rings. The minimum atomic E-state index is -0.348. The summed E-state index contributed by atoms with van der Waals surface area (Å²) in [6, 6.07) is 7.73. The van der Waals surface area contributed by atoms with Gasteiger partial charge in [0.15, 0.2) is 0 Å². The summed E-state index contributed by atoms with van der Waals surface area (Å²) in [7, 11) is 0. The predicted molar refractivity (Wildman–Crippen MR) is 95.6 cm³/mol. The zero-order valence-electron chi connectivity index (χ0n) is 14.3. The Balaban J connectivity index is 2.04. The van der Waals surface area contributed by atoms with Crippen molar-refractivity contribution in [3.8, 4) is 0 Å². The molecular weight excluding hydrogens is 308 g/mol. The van der Waals surface area contributed by atoms with Crippen molar-refractivity contribution in [1.29, 1.82) is 0 Å². The maximum atomic E-state index is 12.7. The van der Waals surface area contributed by atoms with Crippen molar-refractivity contribution in [2.45, 2.75) is 44.3 Å². The molecule has 4 nitrogen and oxygen atoms in total. The summed E-state index contributed by atoms with van der Waals surface area (Å²) in [5, 5.41) is 2.56. The number of para-hydroxylation sites is 1. The average molecular weight is 334 g/mol. The summed E-state index contributed by atoms with van der Waals surface area (Å²) < 4.78 is 0. The number of anilines is 1. The smallest absolute Gasteiger partial charge is 0.238 e. The van der Waals surface area contributed by atoms with Gasteiger partial charge < -0.3 is 10.2 Å². The van der Waals surface area contributed by atoms with Crippen LogP contribution >= 0.6 is 11.8 Å². The van der Waals surface area contributed by atoms with E-state index < -0.39 is 0 Å². The summed E-state index contributed by atoms with van der Waals surface area (Å²) in [6.45, 7) is 9.93. The lowest BCUT2D eigenvalue weighted by atomic mass is 10.1. The van der Waals surface area contributed by atoms with Gasteiger partial charge in [0, 0.05) is 24.4 Å². The fraction of sp³-hybridized carbons (Fsp3) is 0.556. The topological polar surface area (TPSA) is 49.4 Å². The molecule has 0 radical (unpaired) electrons. The molecule has 0 aromatic heterocycles. The van der Waals surface area contributed by atoms with E-state index in [0.29, 0.717) is 11.8 Å². The lowest BCUT2D eigenvalue weighted by Gasteiger charge is -2.29. The standard InChI is InChI=1S/C18H26N2O2S/c1-12(2)10-20(11-13(3)4)17(21)9-16-18(22)19-14-7-5-6-8-15(14)23-16/h5-8,12-13,16H,9-11H2,1-4H3,(H,19,22)/t16-/m1/s1. The van der Waals surface area contributed by atoms with E-state index in [-0.39, 0.29) is 23.5 Å². The number of nitrogens with one attached hydrogen (secondary N) is 1. The maximum Gasteiger partial charge on any atom is 0.238 e. The van der Waals surface area contributed by atoms with Gasteiger partial charge in [-0.2, -0.15) is 0 Å². The lowest BCUT2D eigenvalue weighted by Crippen LogP contribution is -2.40. The maximum absolute atomic E-state index is 12.7. The molecule has 0 bridgehead atoms. The van der Waals surface area contributed by atoms with Crippen molar-refractivity contribution in [1.82, 2.24) is 4.90 Å². The number of hydrogen-bond acceptors (Lipinski definition) is 3. The third-order valence-corrected chi connectivity index (χ3v) is 4.87. The number of thioether (sulfide) groups is 1. The molecule has 2 amide bonds. The molecule has 1 aliphatic heterocycles. The molecule has 1 N–H and O–H groups in total. The van der Waals surface area contributed by atoms with E-state index in [9.17, 15) is 9.59 Å². The van der Waals surface area contributed by atoms with Gasteiger partial charge in [0.2, 0.25) is 11.8 Å². The summed E-state index contributed by atoms with van der Waals surface area (Å²) in [6.07, 6.45) is 0.254. The highest BCUT2D eigenvalue weighted by atomic mass is 32.2. The molecule has 126 valence electrons. The van der Waals surface area contributed by atoms with Gasteiger partial charge in [-0.1, -0.05) is 39.8 Å². The second-order valence-corrected chi connectivity index (χ2v) is 8.13. The van der Waals surface area contributed by atoms with E-state index in [0.717, 1.165) is 23.7 Å². The van der Waals surface area contributed by atoms with E-state index in [1.54, 1.807) is 0 Å². The largest absolute Gasteiger partial charge is 0.342 e. The predicted octanol–water partition coefficient (Wildman–Crippen LogP) is 3.63. The number of hydrogen-bond donors (Lipinski definition) is 1. The quantitative estimate of drug-likeness (QED) is 0.864. The second kappa shape index (κ2) is 7.86. The zero-order chi connectivity index (χ0) is 17.0. The van der Waals surface area contributed by atoms with E-state index in [4.69, 9.17) is 0 Å². The van der Waals surface area contributed by atoms with Gasteiger partial charge in [-0.25, -0.2) is 0 Å². The number of benzene rings is 1. The number of rotatable bonds is 6.